The molecule has 1 aromatic heterocycles. The fraction of sp³-hybridized carbons (Fsp3) is 0. The summed E-state index contributed by atoms with van der Waals surface area (Å²) < 4.78 is 4.27. The summed E-state index contributed by atoms with van der Waals surface area (Å²) in [6.45, 7) is 0. The van der Waals surface area contributed by atoms with Crippen LogP contribution in [0.5, 0.6) is 0 Å². The lowest BCUT2D eigenvalue weighted by atomic mass is 10.3. The monoisotopic (exact) mass is 201 g/mol. The van der Waals surface area contributed by atoms with Gasteiger partial charge in [-0.3, -0.25) is 4.98 Å². The second-order valence-corrected chi connectivity index (χ2v) is 1.93. The normalized spacial score (nSPS) is 8.90. The van der Waals surface area contributed by atoms with Gasteiger partial charge in [0.2, 0.25) is 0 Å². The number of hydrogen-bond acceptors (Lipinski definition) is 3. The van der Waals surface area contributed by atoms with E-state index in [0.717, 1.165) is 0 Å². The Balaban J connectivity index is 2.85. The molecule has 0 unspecified atom stereocenters. The minimum absolute atomic E-state index is 0.430. The molecular formula is C6H4BrNO2. The average molecular weight is 202 g/mol. The van der Waals surface area contributed by atoms with Gasteiger partial charge in [0.25, 0.3) is 0 Å². The lowest BCUT2D eigenvalue weighted by Gasteiger charge is -1.92. The first-order valence-electron chi connectivity index (χ1n) is 2.57. The zero-order valence-corrected chi connectivity index (χ0v) is 6.54. The molecule has 0 N–H and O–H groups in total. The molecule has 0 radical (unpaired) electrons. The van der Waals surface area contributed by atoms with Crippen molar-refractivity contribution in [1.29, 1.82) is 0 Å². The van der Waals surface area contributed by atoms with E-state index in [-0.39, 0.29) is 0 Å². The van der Waals surface area contributed by atoms with Crippen LogP contribution in [0.3, 0.4) is 0 Å². The number of aromatic nitrogens is 1. The van der Waals surface area contributed by atoms with E-state index < -0.39 is 5.97 Å². The maximum absolute atomic E-state index is 10.7. The molecule has 0 saturated carbocycles. The van der Waals surface area contributed by atoms with Gasteiger partial charge in [0, 0.05) is 12.4 Å². The van der Waals surface area contributed by atoms with Crippen molar-refractivity contribution in [2.24, 2.45) is 0 Å². The summed E-state index contributed by atoms with van der Waals surface area (Å²) in [5.41, 5.74) is 0.430. The standard InChI is InChI=1S/C6H4BrNO2/c7-10-6(9)5-2-1-3-8-4-5/h1-4H. The first-order chi connectivity index (χ1) is 4.84. The van der Waals surface area contributed by atoms with Crippen molar-refractivity contribution in [3.05, 3.63) is 30.1 Å². The minimum Gasteiger partial charge on any atom is -0.380 e. The van der Waals surface area contributed by atoms with Crippen LogP contribution in [0.2, 0.25) is 0 Å². The zero-order chi connectivity index (χ0) is 7.40. The van der Waals surface area contributed by atoms with E-state index in [1.54, 1.807) is 18.3 Å². The number of hydrogen-bond donors (Lipinski definition) is 0. The van der Waals surface area contributed by atoms with Crippen LogP contribution in [0.1, 0.15) is 10.4 Å². The minimum atomic E-state index is -0.437. The largest absolute Gasteiger partial charge is 0.380 e. The maximum Gasteiger partial charge on any atom is 0.351 e. The van der Waals surface area contributed by atoms with Crippen LogP contribution < -0.4 is 0 Å². The Morgan fingerprint density at radius 3 is 3.00 bits per heavy atom. The Morgan fingerprint density at radius 1 is 1.70 bits per heavy atom. The van der Waals surface area contributed by atoms with Crippen LogP contribution in [-0.4, -0.2) is 11.0 Å². The van der Waals surface area contributed by atoms with Gasteiger partial charge in [-0.2, -0.15) is 0 Å². The van der Waals surface area contributed by atoms with Gasteiger partial charge in [0.1, 0.15) is 0 Å². The SMILES string of the molecule is O=C(OBr)c1cccnc1. The molecule has 0 aliphatic heterocycles. The third-order valence-corrected chi connectivity index (χ3v) is 1.26. The van der Waals surface area contributed by atoms with Crippen LogP contribution in [0, 0.1) is 0 Å². The Morgan fingerprint density at radius 2 is 2.50 bits per heavy atom. The zero-order valence-electron chi connectivity index (χ0n) is 4.95. The van der Waals surface area contributed by atoms with Crippen molar-refractivity contribution < 1.29 is 8.62 Å². The van der Waals surface area contributed by atoms with Gasteiger partial charge in [0.05, 0.1) is 5.56 Å². The number of nitrogens with zero attached hydrogens (tertiary/aromatic N) is 1. The van der Waals surface area contributed by atoms with Crippen LogP contribution >= 0.6 is 16.3 Å². The molecular weight excluding hydrogens is 198 g/mol. The number of halogens is 1. The molecule has 0 bridgehead atoms. The number of rotatable bonds is 1. The lowest BCUT2D eigenvalue weighted by molar-refractivity contribution is 0.0781. The van der Waals surface area contributed by atoms with E-state index in [2.05, 4.69) is 25.1 Å². The molecule has 4 heteroatoms. The predicted octanol–water partition coefficient (Wildman–Crippen LogP) is 1.55. The molecule has 1 heterocycles. The number of carbonyl (C=O) groups is 1. The highest BCUT2D eigenvalue weighted by Gasteiger charge is 2.03. The first-order valence-corrected chi connectivity index (χ1v) is 3.22. The number of carbonyl (C=O) groups excluding carboxylic acids is 1. The Bertz CT molecular complexity index is 224. The van der Waals surface area contributed by atoms with Gasteiger partial charge in [-0.1, -0.05) is 0 Å². The van der Waals surface area contributed by atoms with Crippen molar-refractivity contribution in [3.8, 4) is 0 Å². The maximum atomic E-state index is 10.7. The molecule has 1 rings (SSSR count). The molecule has 0 aromatic carbocycles. The second kappa shape index (κ2) is 3.31. The van der Waals surface area contributed by atoms with E-state index in [9.17, 15) is 4.79 Å². The molecule has 52 valence electrons. The van der Waals surface area contributed by atoms with Crippen LogP contribution in [0.15, 0.2) is 24.5 Å². The summed E-state index contributed by atoms with van der Waals surface area (Å²) in [7, 11) is 0. The summed E-state index contributed by atoms with van der Waals surface area (Å²) in [5.74, 6) is -0.437. The Labute approximate surface area is 66.5 Å². The molecule has 0 fully saturated rings. The smallest absolute Gasteiger partial charge is 0.351 e. The van der Waals surface area contributed by atoms with E-state index in [1.165, 1.54) is 6.20 Å². The molecule has 0 aliphatic rings. The molecule has 0 amide bonds. The van der Waals surface area contributed by atoms with Crippen LogP contribution in [0.25, 0.3) is 0 Å². The summed E-state index contributed by atoms with van der Waals surface area (Å²) in [6.07, 6.45) is 3.02. The van der Waals surface area contributed by atoms with Gasteiger partial charge in [-0.05, 0) is 12.1 Å². The van der Waals surface area contributed by atoms with E-state index >= 15 is 0 Å². The van der Waals surface area contributed by atoms with E-state index in [4.69, 9.17) is 0 Å². The summed E-state index contributed by atoms with van der Waals surface area (Å²) in [6, 6.07) is 3.29. The fourth-order valence-corrected chi connectivity index (χ4v) is 0.715. The van der Waals surface area contributed by atoms with Crippen molar-refractivity contribution in [1.82, 2.24) is 4.98 Å². The summed E-state index contributed by atoms with van der Waals surface area (Å²) in [4.78, 5) is 14.4. The van der Waals surface area contributed by atoms with Gasteiger partial charge in [0.15, 0.2) is 16.3 Å². The molecule has 3 nitrogen and oxygen atoms in total. The van der Waals surface area contributed by atoms with Crippen LogP contribution in [0.4, 0.5) is 0 Å². The topological polar surface area (TPSA) is 39.2 Å². The molecule has 0 aliphatic carbocycles. The van der Waals surface area contributed by atoms with Gasteiger partial charge < -0.3 is 3.83 Å². The number of pyridine rings is 1. The molecule has 10 heavy (non-hydrogen) atoms. The van der Waals surface area contributed by atoms with E-state index in [1.807, 2.05) is 0 Å². The highest BCUT2D eigenvalue weighted by atomic mass is 79.9. The summed E-state index contributed by atoms with van der Waals surface area (Å²) in [5, 5.41) is 0. The quantitative estimate of drug-likeness (QED) is 0.693. The average Bonchev–Trinajstić information content (AvgIpc) is 2.05. The Hall–Kier alpha value is -0.900. The molecule has 0 spiro atoms. The van der Waals surface area contributed by atoms with Crippen molar-refractivity contribution in [2.75, 3.05) is 0 Å². The first kappa shape index (κ1) is 7.21. The Kier molecular flexibility index (Phi) is 2.39. The van der Waals surface area contributed by atoms with Gasteiger partial charge in [-0.15, -0.1) is 0 Å². The third kappa shape index (κ3) is 1.54. The molecule has 1 aromatic rings. The predicted molar refractivity (Wildman–Crippen MR) is 38.6 cm³/mol. The molecule has 0 saturated heterocycles. The van der Waals surface area contributed by atoms with Gasteiger partial charge in [-0.25, -0.2) is 4.79 Å². The van der Waals surface area contributed by atoms with Crippen LogP contribution in [-0.2, 0) is 3.83 Å². The second-order valence-electron chi connectivity index (χ2n) is 1.61. The van der Waals surface area contributed by atoms with Crippen molar-refractivity contribution in [2.45, 2.75) is 0 Å². The third-order valence-electron chi connectivity index (χ3n) is 0.967. The fourth-order valence-electron chi connectivity index (χ4n) is 0.528. The highest BCUT2D eigenvalue weighted by Crippen LogP contribution is 2.00. The van der Waals surface area contributed by atoms with E-state index in [0.29, 0.717) is 5.56 Å². The van der Waals surface area contributed by atoms with Gasteiger partial charge >= 0.3 is 5.97 Å². The summed E-state index contributed by atoms with van der Waals surface area (Å²) >= 11 is 2.57. The highest BCUT2D eigenvalue weighted by molar-refractivity contribution is 9.06. The lowest BCUT2D eigenvalue weighted by Crippen LogP contribution is -1.96. The van der Waals surface area contributed by atoms with Crippen molar-refractivity contribution >= 4 is 22.2 Å². The molecule has 0 atom stereocenters. The van der Waals surface area contributed by atoms with Crippen molar-refractivity contribution in [3.63, 3.8) is 0 Å².